The highest BCUT2D eigenvalue weighted by molar-refractivity contribution is 6.44. The molecule has 1 amide bonds. The van der Waals surface area contributed by atoms with Crippen molar-refractivity contribution in [2.75, 3.05) is 31.5 Å². The van der Waals surface area contributed by atoms with E-state index in [4.69, 9.17) is 40.1 Å². The van der Waals surface area contributed by atoms with Crippen molar-refractivity contribution in [1.29, 1.82) is 5.26 Å². The Morgan fingerprint density at radius 1 is 1.07 bits per heavy atom. The minimum Gasteiger partial charge on any atom is -0.323 e. The average molecular weight is 452 g/mol. The van der Waals surface area contributed by atoms with E-state index < -0.39 is 0 Å². The number of hydrogen-bond acceptors (Lipinski definition) is 4. The van der Waals surface area contributed by atoms with Crippen molar-refractivity contribution in [2.45, 2.75) is 19.5 Å². The van der Waals surface area contributed by atoms with Gasteiger partial charge in [-0.25, -0.2) is 0 Å². The minimum absolute atomic E-state index is 0.133. The highest BCUT2D eigenvalue weighted by Gasteiger charge is 2.26. The lowest BCUT2D eigenvalue weighted by atomic mass is 10.1. The Morgan fingerprint density at radius 2 is 1.69 bits per heavy atom. The fraction of sp³-hybridized carbons (Fsp3) is 0.333. The maximum Gasteiger partial charge on any atom is 0.241 e. The van der Waals surface area contributed by atoms with Crippen LogP contribution in [0.25, 0.3) is 0 Å². The monoisotopic (exact) mass is 450 g/mol. The van der Waals surface area contributed by atoms with Crippen molar-refractivity contribution in [3.8, 4) is 6.07 Å². The highest BCUT2D eigenvalue weighted by Crippen LogP contribution is 2.32. The minimum atomic E-state index is -0.294. The van der Waals surface area contributed by atoms with Crippen molar-refractivity contribution in [2.24, 2.45) is 0 Å². The summed E-state index contributed by atoms with van der Waals surface area (Å²) in [6, 6.07) is 12.6. The molecule has 1 unspecified atom stereocenters. The molecule has 0 aromatic heterocycles. The van der Waals surface area contributed by atoms with Crippen LogP contribution in [0.1, 0.15) is 18.1 Å². The molecule has 0 aliphatic carbocycles. The quantitative estimate of drug-likeness (QED) is 0.672. The molecule has 1 N–H and O–H groups in total. The van der Waals surface area contributed by atoms with Gasteiger partial charge in [-0.2, -0.15) is 5.26 Å². The topological polar surface area (TPSA) is 59.4 Å². The van der Waals surface area contributed by atoms with Gasteiger partial charge in [0.25, 0.3) is 0 Å². The second kappa shape index (κ2) is 9.80. The smallest absolute Gasteiger partial charge is 0.241 e. The molecule has 1 atom stereocenters. The van der Waals surface area contributed by atoms with E-state index in [1.807, 2.05) is 31.2 Å². The lowest BCUT2D eigenvalue weighted by Gasteiger charge is -2.37. The molecule has 3 rings (SSSR count). The molecular formula is C21H21Cl3N4O. The summed E-state index contributed by atoms with van der Waals surface area (Å²) in [5.74, 6) is -0.133. The van der Waals surface area contributed by atoms with Gasteiger partial charge in [-0.3, -0.25) is 14.6 Å². The van der Waals surface area contributed by atoms with Crippen LogP contribution in [0.15, 0.2) is 36.4 Å². The SMILES string of the molecule is CC(C(=O)Nc1cc(Cl)c(Cl)cc1Cl)N1CCN(Cc2ccc(C#N)cc2)CC1. The molecule has 2 aromatic rings. The van der Waals surface area contributed by atoms with Crippen molar-refractivity contribution in [1.82, 2.24) is 9.80 Å². The van der Waals surface area contributed by atoms with Crippen molar-refractivity contribution in [3.05, 3.63) is 62.6 Å². The predicted molar refractivity (Wildman–Crippen MR) is 118 cm³/mol. The summed E-state index contributed by atoms with van der Waals surface area (Å²) in [5, 5.41) is 12.8. The third-order valence-electron chi connectivity index (χ3n) is 5.09. The number of halogens is 3. The number of carbonyl (C=O) groups is 1. The van der Waals surface area contributed by atoms with Gasteiger partial charge in [0.05, 0.1) is 38.4 Å². The third kappa shape index (κ3) is 5.63. The Balaban J connectivity index is 1.52. The molecule has 1 aliphatic rings. The van der Waals surface area contributed by atoms with Crippen molar-refractivity contribution < 1.29 is 4.79 Å². The molecule has 5 nitrogen and oxygen atoms in total. The summed E-state index contributed by atoms with van der Waals surface area (Å²) in [4.78, 5) is 17.2. The first-order valence-electron chi connectivity index (χ1n) is 9.28. The lowest BCUT2D eigenvalue weighted by molar-refractivity contribution is -0.121. The maximum atomic E-state index is 12.7. The summed E-state index contributed by atoms with van der Waals surface area (Å²) in [5.41, 5.74) is 2.30. The van der Waals surface area contributed by atoms with E-state index in [1.54, 1.807) is 6.07 Å². The Hall–Kier alpha value is -1.81. The number of nitrogens with one attached hydrogen (secondary N) is 1. The number of benzene rings is 2. The molecule has 0 spiro atoms. The number of amides is 1. The van der Waals surface area contributed by atoms with E-state index in [1.165, 1.54) is 11.6 Å². The summed E-state index contributed by atoms with van der Waals surface area (Å²) in [6.07, 6.45) is 0. The highest BCUT2D eigenvalue weighted by atomic mass is 35.5. The number of hydrogen-bond donors (Lipinski definition) is 1. The molecule has 29 heavy (non-hydrogen) atoms. The second-order valence-corrected chi connectivity index (χ2v) is 8.25. The Morgan fingerprint density at radius 3 is 2.31 bits per heavy atom. The van der Waals surface area contributed by atoms with Crippen LogP contribution < -0.4 is 5.32 Å². The van der Waals surface area contributed by atoms with E-state index in [-0.39, 0.29) is 11.9 Å². The van der Waals surface area contributed by atoms with Crippen LogP contribution in [-0.2, 0) is 11.3 Å². The van der Waals surface area contributed by atoms with Crippen LogP contribution in [0, 0.1) is 11.3 Å². The number of nitrogens with zero attached hydrogens (tertiary/aromatic N) is 3. The summed E-state index contributed by atoms with van der Waals surface area (Å²) in [6.45, 7) is 6.03. The Kier molecular flexibility index (Phi) is 7.39. The summed E-state index contributed by atoms with van der Waals surface area (Å²) < 4.78 is 0. The van der Waals surface area contributed by atoms with E-state index >= 15 is 0 Å². The Labute approximate surface area is 185 Å². The molecular weight excluding hydrogens is 431 g/mol. The average Bonchev–Trinajstić information content (AvgIpc) is 2.72. The zero-order valence-corrected chi connectivity index (χ0v) is 18.2. The van der Waals surface area contributed by atoms with Crippen LogP contribution in [0.2, 0.25) is 15.1 Å². The number of nitriles is 1. The molecule has 1 aliphatic heterocycles. The molecule has 0 bridgehead atoms. The molecule has 1 saturated heterocycles. The summed E-state index contributed by atoms with van der Waals surface area (Å²) >= 11 is 18.1. The maximum absolute atomic E-state index is 12.7. The zero-order chi connectivity index (χ0) is 21.0. The molecule has 152 valence electrons. The van der Waals surface area contributed by atoms with Gasteiger partial charge in [0.2, 0.25) is 5.91 Å². The number of rotatable bonds is 5. The standard InChI is InChI=1S/C21H21Cl3N4O/c1-14(21(29)26-20-11-18(23)17(22)10-19(20)24)28-8-6-27(7-9-28)13-16-4-2-15(12-25)3-5-16/h2-5,10-11,14H,6-9,13H2,1H3,(H,26,29). The Bertz CT molecular complexity index is 919. The van der Waals surface area contributed by atoms with E-state index in [9.17, 15) is 4.79 Å². The molecule has 1 fully saturated rings. The predicted octanol–water partition coefficient (Wildman–Crippen LogP) is 4.66. The second-order valence-electron chi connectivity index (χ2n) is 7.03. The van der Waals surface area contributed by atoms with Gasteiger partial charge < -0.3 is 5.32 Å². The lowest BCUT2D eigenvalue weighted by Crippen LogP contribution is -2.52. The summed E-state index contributed by atoms with van der Waals surface area (Å²) in [7, 11) is 0. The van der Waals surface area contributed by atoms with Crippen LogP contribution in [0.4, 0.5) is 5.69 Å². The van der Waals surface area contributed by atoms with Crippen molar-refractivity contribution >= 4 is 46.4 Å². The normalized spacial score (nSPS) is 16.2. The van der Waals surface area contributed by atoms with Crippen LogP contribution in [0.3, 0.4) is 0 Å². The number of carbonyl (C=O) groups excluding carboxylic acids is 1. The van der Waals surface area contributed by atoms with E-state index in [0.29, 0.717) is 26.3 Å². The molecule has 0 radical (unpaired) electrons. The van der Waals surface area contributed by atoms with Gasteiger partial charge in [-0.1, -0.05) is 46.9 Å². The van der Waals surface area contributed by atoms with Crippen LogP contribution in [0.5, 0.6) is 0 Å². The molecule has 1 heterocycles. The molecule has 8 heteroatoms. The number of piperazine rings is 1. The van der Waals surface area contributed by atoms with E-state index in [2.05, 4.69) is 21.2 Å². The zero-order valence-electron chi connectivity index (χ0n) is 16.0. The van der Waals surface area contributed by atoms with Gasteiger partial charge in [-0.05, 0) is 36.8 Å². The van der Waals surface area contributed by atoms with Crippen LogP contribution >= 0.6 is 34.8 Å². The number of anilines is 1. The fourth-order valence-corrected chi connectivity index (χ4v) is 3.87. The molecule has 0 saturated carbocycles. The van der Waals surface area contributed by atoms with Gasteiger partial charge in [0.1, 0.15) is 0 Å². The first-order valence-corrected chi connectivity index (χ1v) is 10.4. The largest absolute Gasteiger partial charge is 0.323 e. The van der Waals surface area contributed by atoms with Crippen molar-refractivity contribution in [3.63, 3.8) is 0 Å². The third-order valence-corrected chi connectivity index (χ3v) is 6.13. The molecule has 2 aromatic carbocycles. The van der Waals surface area contributed by atoms with Crippen LogP contribution in [-0.4, -0.2) is 47.9 Å². The van der Waals surface area contributed by atoms with Gasteiger partial charge in [-0.15, -0.1) is 0 Å². The fourth-order valence-electron chi connectivity index (χ4n) is 3.27. The first-order chi connectivity index (χ1) is 13.9. The van der Waals surface area contributed by atoms with Gasteiger partial charge >= 0.3 is 0 Å². The van der Waals surface area contributed by atoms with Gasteiger partial charge in [0.15, 0.2) is 0 Å². The first kappa shape index (κ1) is 21.9. The van der Waals surface area contributed by atoms with Gasteiger partial charge in [0, 0.05) is 32.7 Å². The van der Waals surface area contributed by atoms with E-state index in [0.717, 1.165) is 32.7 Å².